The van der Waals surface area contributed by atoms with Gasteiger partial charge in [0.1, 0.15) is 5.75 Å². The summed E-state index contributed by atoms with van der Waals surface area (Å²) in [5.74, 6) is -2.65. The maximum Gasteiger partial charge on any atom is 0.451 e. The molecular formula is C19H17F6N3O4S. The molecule has 1 aliphatic heterocycles. The second kappa shape index (κ2) is 8.47. The maximum atomic E-state index is 13.1. The summed E-state index contributed by atoms with van der Waals surface area (Å²) in [5, 5.41) is 0. The van der Waals surface area contributed by atoms with E-state index in [0.717, 1.165) is 42.5 Å². The van der Waals surface area contributed by atoms with Crippen molar-refractivity contribution in [1.82, 2.24) is 14.9 Å². The summed E-state index contributed by atoms with van der Waals surface area (Å²) in [6, 6.07) is 2.89. The number of hydrogen-bond acceptors (Lipinski definition) is 6. The van der Waals surface area contributed by atoms with Crippen LogP contribution in [0.1, 0.15) is 34.4 Å². The first-order valence-corrected chi connectivity index (χ1v) is 11.2. The Morgan fingerprint density at radius 2 is 1.85 bits per heavy atom. The quantitative estimate of drug-likeness (QED) is 0.602. The standard InChI is InChI=1S/C19H17F6N3O4S/c1-10(18(20,21)22)32-15-4-3-12(33(2,30)31)7-13(15)16(29)28-6-5-14-11(9-28)8-26-17(27-14)19(23,24)25/h3-4,7-8,10H,5-6,9H2,1-2H3/t10-/m1/s1. The van der Waals surface area contributed by atoms with Gasteiger partial charge in [-0.3, -0.25) is 4.79 Å². The number of nitrogens with zero attached hydrogens (tertiary/aromatic N) is 3. The van der Waals surface area contributed by atoms with Gasteiger partial charge in [0, 0.05) is 37.5 Å². The van der Waals surface area contributed by atoms with Crippen LogP contribution in [0.5, 0.6) is 5.75 Å². The molecular weight excluding hydrogens is 480 g/mol. The zero-order valence-electron chi connectivity index (χ0n) is 17.2. The zero-order chi connectivity index (χ0) is 24.8. The van der Waals surface area contributed by atoms with Crippen LogP contribution in [0.2, 0.25) is 0 Å². The Labute approximate surface area is 184 Å². The SMILES string of the molecule is C[C@@H](Oc1ccc(S(C)(=O)=O)cc1C(=O)N1CCc2nc(C(F)(F)F)ncc2C1)C(F)(F)F. The molecule has 1 aromatic heterocycles. The highest BCUT2D eigenvalue weighted by molar-refractivity contribution is 7.90. The Morgan fingerprint density at radius 1 is 1.18 bits per heavy atom. The van der Waals surface area contributed by atoms with Crippen LogP contribution in [0.25, 0.3) is 0 Å². The van der Waals surface area contributed by atoms with Gasteiger partial charge in [0.05, 0.1) is 16.2 Å². The summed E-state index contributed by atoms with van der Waals surface area (Å²) in [4.78, 5) is 20.7. The van der Waals surface area contributed by atoms with E-state index in [1.165, 1.54) is 0 Å². The summed E-state index contributed by atoms with van der Waals surface area (Å²) < 4.78 is 106. The van der Waals surface area contributed by atoms with E-state index in [2.05, 4.69) is 9.97 Å². The predicted octanol–water partition coefficient (Wildman–Crippen LogP) is 3.43. The second-order valence-corrected chi connectivity index (χ2v) is 9.39. The number of benzene rings is 1. The number of sulfone groups is 1. The number of halogens is 6. The van der Waals surface area contributed by atoms with E-state index in [1.54, 1.807) is 0 Å². The van der Waals surface area contributed by atoms with E-state index in [-0.39, 0.29) is 35.7 Å². The fourth-order valence-corrected chi connectivity index (χ4v) is 3.71. The Hall–Kier alpha value is -2.90. The monoisotopic (exact) mass is 497 g/mol. The van der Waals surface area contributed by atoms with E-state index < -0.39 is 51.3 Å². The van der Waals surface area contributed by atoms with E-state index in [9.17, 15) is 39.6 Å². The number of hydrogen-bond donors (Lipinski definition) is 0. The fraction of sp³-hybridized carbons (Fsp3) is 0.421. The van der Waals surface area contributed by atoms with E-state index in [1.807, 2.05) is 0 Å². The number of aromatic nitrogens is 2. The van der Waals surface area contributed by atoms with Crippen molar-refractivity contribution in [3.8, 4) is 5.75 Å². The summed E-state index contributed by atoms with van der Waals surface area (Å²) in [6.07, 6.45) is -10.0. The van der Waals surface area contributed by atoms with Crippen LogP contribution in [0.15, 0.2) is 29.3 Å². The van der Waals surface area contributed by atoms with Gasteiger partial charge in [-0.25, -0.2) is 18.4 Å². The molecule has 0 unspecified atom stereocenters. The Bertz CT molecular complexity index is 1180. The van der Waals surface area contributed by atoms with E-state index >= 15 is 0 Å². The molecule has 1 aliphatic rings. The fourth-order valence-electron chi connectivity index (χ4n) is 3.06. The van der Waals surface area contributed by atoms with Crippen LogP contribution in [-0.2, 0) is 29.0 Å². The summed E-state index contributed by atoms with van der Waals surface area (Å²) >= 11 is 0. The number of carbonyl (C=O) groups excluding carboxylic acids is 1. The lowest BCUT2D eigenvalue weighted by atomic mass is 10.1. The molecule has 180 valence electrons. The molecule has 2 aromatic rings. The lowest BCUT2D eigenvalue weighted by molar-refractivity contribution is -0.189. The normalized spacial score (nSPS) is 15.7. The molecule has 2 heterocycles. The number of fused-ring (bicyclic) bond motifs is 1. The van der Waals surface area contributed by atoms with Crippen molar-refractivity contribution in [2.24, 2.45) is 0 Å². The van der Waals surface area contributed by atoms with Crippen LogP contribution >= 0.6 is 0 Å². The molecule has 0 radical (unpaired) electrons. The molecule has 33 heavy (non-hydrogen) atoms. The van der Waals surface area contributed by atoms with Crippen LogP contribution in [0.3, 0.4) is 0 Å². The van der Waals surface area contributed by atoms with Gasteiger partial charge in [-0.1, -0.05) is 0 Å². The van der Waals surface area contributed by atoms with E-state index in [0.29, 0.717) is 0 Å². The third-order valence-electron chi connectivity index (χ3n) is 4.85. The largest absolute Gasteiger partial charge is 0.480 e. The number of rotatable bonds is 4. The number of ether oxygens (including phenoxy) is 1. The molecule has 1 amide bonds. The van der Waals surface area contributed by atoms with Crippen LogP contribution in [0, 0.1) is 0 Å². The predicted molar refractivity (Wildman–Crippen MR) is 101 cm³/mol. The van der Waals surface area contributed by atoms with Gasteiger partial charge in [-0.05, 0) is 25.1 Å². The molecule has 0 N–H and O–H groups in total. The first kappa shape index (κ1) is 24.7. The van der Waals surface area contributed by atoms with Gasteiger partial charge in [0.2, 0.25) is 5.82 Å². The van der Waals surface area contributed by atoms with Gasteiger partial charge in [-0.15, -0.1) is 0 Å². The molecule has 7 nitrogen and oxygen atoms in total. The Balaban J connectivity index is 1.95. The topological polar surface area (TPSA) is 89.5 Å². The van der Waals surface area contributed by atoms with Crippen molar-refractivity contribution >= 4 is 15.7 Å². The first-order valence-electron chi connectivity index (χ1n) is 9.36. The van der Waals surface area contributed by atoms with Crippen molar-refractivity contribution in [2.45, 2.75) is 43.2 Å². The third-order valence-corrected chi connectivity index (χ3v) is 5.96. The molecule has 3 rings (SSSR count). The lowest BCUT2D eigenvalue weighted by Gasteiger charge is -2.29. The minimum absolute atomic E-state index is 0.0619. The van der Waals surface area contributed by atoms with Crippen LogP contribution in [-0.4, -0.2) is 54.3 Å². The van der Waals surface area contributed by atoms with Crippen molar-refractivity contribution in [1.29, 1.82) is 0 Å². The third kappa shape index (κ3) is 5.54. The van der Waals surface area contributed by atoms with Gasteiger partial charge in [-0.2, -0.15) is 26.3 Å². The number of carbonyl (C=O) groups is 1. The minimum Gasteiger partial charge on any atom is -0.480 e. The van der Waals surface area contributed by atoms with Gasteiger partial charge in [0.25, 0.3) is 5.91 Å². The number of alkyl halides is 6. The molecule has 0 spiro atoms. The average molecular weight is 497 g/mol. The molecule has 14 heteroatoms. The summed E-state index contributed by atoms with van der Waals surface area (Å²) in [7, 11) is -3.81. The molecule has 0 saturated carbocycles. The molecule has 0 saturated heterocycles. The molecule has 0 aliphatic carbocycles. The van der Waals surface area contributed by atoms with Crippen LogP contribution in [0.4, 0.5) is 26.3 Å². The molecule has 0 bridgehead atoms. The molecule has 1 atom stereocenters. The minimum atomic E-state index is -4.74. The zero-order valence-corrected chi connectivity index (χ0v) is 18.0. The van der Waals surface area contributed by atoms with Gasteiger partial charge < -0.3 is 9.64 Å². The van der Waals surface area contributed by atoms with Crippen LogP contribution < -0.4 is 4.74 Å². The second-order valence-electron chi connectivity index (χ2n) is 7.37. The highest BCUT2D eigenvalue weighted by atomic mass is 32.2. The van der Waals surface area contributed by atoms with Gasteiger partial charge in [0.15, 0.2) is 15.9 Å². The maximum absolute atomic E-state index is 13.1. The Morgan fingerprint density at radius 3 is 2.42 bits per heavy atom. The summed E-state index contributed by atoms with van der Waals surface area (Å²) in [6.45, 7) is 0.409. The van der Waals surface area contributed by atoms with Crippen molar-refractivity contribution in [2.75, 3.05) is 12.8 Å². The molecule has 1 aromatic carbocycles. The number of amides is 1. The van der Waals surface area contributed by atoms with Gasteiger partial charge >= 0.3 is 12.4 Å². The Kier molecular flexibility index (Phi) is 6.35. The van der Waals surface area contributed by atoms with Crippen molar-refractivity contribution < 1.29 is 44.3 Å². The smallest absolute Gasteiger partial charge is 0.451 e. The van der Waals surface area contributed by atoms with Crippen molar-refractivity contribution in [3.63, 3.8) is 0 Å². The summed E-state index contributed by atoms with van der Waals surface area (Å²) in [5.41, 5.74) is -0.105. The molecule has 0 fully saturated rings. The van der Waals surface area contributed by atoms with Crippen molar-refractivity contribution in [3.05, 3.63) is 47.0 Å². The van der Waals surface area contributed by atoms with E-state index in [4.69, 9.17) is 4.74 Å². The highest BCUT2D eigenvalue weighted by Gasteiger charge is 2.39. The average Bonchev–Trinajstić information content (AvgIpc) is 2.70. The first-order chi connectivity index (χ1) is 15.1. The highest BCUT2D eigenvalue weighted by Crippen LogP contribution is 2.32. The lowest BCUT2D eigenvalue weighted by Crippen LogP contribution is -2.38.